The molecule has 0 radical (unpaired) electrons. The first-order chi connectivity index (χ1) is 12.6. The van der Waals surface area contributed by atoms with E-state index in [9.17, 15) is 4.79 Å². The molecule has 0 unspecified atom stereocenters. The summed E-state index contributed by atoms with van der Waals surface area (Å²) in [5, 5.41) is 0.644. The van der Waals surface area contributed by atoms with Crippen LogP contribution in [-0.4, -0.2) is 24.2 Å². The van der Waals surface area contributed by atoms with Gasteiger partial charge in [-0.1, -0.05) is 29.0 Å². The predicted octanol–water partition coefficient (Wildman–Crippen LogP) is 4.06. The fraction of sp³-hybridized carbons (Fsp3) is 0.158. The van der Waals surface area contributed by atoms with Gasteiger partial charge in [0.1, 0.15) is 11.5 Å². The standard InChI is InChI=1S/C19H17ClN2O3S/c1-3-10-22-16-9-4-13(20)11-17(16)26-19(22)21-18(23)12-25-15-7-5-14(24-2)6-8-15/h3-9,11H,1,10,12H2,2H3. The van der Waals surface area contributed by atoms with Crippen molar-refractivity contribution in [2.24, 2.45) is 4.99 Å². The second kappa shape index (κ2) is 8.21. The van der Waals surface area contributed by atoms with E-state index >= 15 is 0 Å². The van der Waals surface area contributed by atoms with Crippen molar-refractivity contribution in [3.05, 3.63) is 64.9 Å². The van der Waals surface area contributed by atoms with Crippen molar-refractivity contribution in [2.45, 2.75) is 6.54 Å². The van der Waals surface area contributed by atoms with Crippen LogP contribution in [0.1, 0.15) is 0 Å². The lowest BCUT2D eigenvalue weighted by Gasteiger charge is -2.04. The lowest BCUT2D eigenvalue weighted by Crippen LogP contribution is -2.19. The van der Waals surface area contributed by atoms with E-state index in [0.717, 1.165) is 16.0 Å². The average molecular weight is 389 g/mol. The Balaban J connectivity index is 1.82. The number of allylic oxidation sites excluding steroid dienone is 1. The summed E-state index contributed by atoms with van der Waals surface area (Å²) in [6, 6.07) is 12.6. The highest BCUT2D eigenvalue weighted by molar-refractivity contribution is 7.16. The monoisotopic (exact) mass is 388 g/mol. The Kier molecular flexibility index (Phi) is 5.75. The summed E-state index contributed by atoms with van der Waals surface area (Å²) in [6.45, 7) is 4.17. The van der Waals surface area contributed by atoms with Crippen molar-refractivity contribution >= 4 is 39.1 Å². The zero-order valence-corrected chi connectivity index (χ0v) is 15.7. The van der Waals surface area contributed by atoms with Crippen LogP contribution in [0, 0.1) is 0 Å². The van der Waals surface area contributed by atoms with E-state index < -0.39 is 0 Å². The van der Waals surface area contributed by atoms with Crippen molar-refractivity contribution in [3.63, 3.8) is 0 Å². The molecule has 3 rings (SSSR count). The first-order valence-corrected chi connectivity index (χ1v) is 9.04. The van der Waals surface area contributed by atoms with E-state index in [4.69, 9.17) is 21.1 Å². The zero-order chi connectivity index (χ0) is 18.5. The van der Waals surface area contributed by atoms with Crippen molar-refractivity contribution in [1.29, 1.82) is 0 Å². The molecule has 7 heteroatoms. The van der Waals surface area contributed by atoms with Gasteiger partial charge in [-0.3, -0.25) is 4.79 Å². The third-order valence-corrected chi connectivity index (χ3v) is 4.87. The Morgan fingerprint density at radius 1 is 1.27 bits per heavy atom. The first kappa shape index (κ1) is 18.2. The maximum absolute atomic E-state index is 12.2. The lowest BCUT2D eigenvalue weighted by atomic mass is 10.3. The Morgan fingerprint density at radius 3 is 2.69 bits per heavy atom. The summed E-state index contributed by atoms with van der Waals surface area (Å²) in [7, 11) is 1.59. The average Bonchev–Trinajstić information content (AvgIpc) is 2.97. The summed E-state index contributed by atoms with van der Waals surface area (Å²) in [4.78, 5) is 17.0. The minimum atomic E-state index is -0.365. The number of benzene rings is 2. The second-order valence-electron chi connectivity index (χ2n) is 5.37. The molecule has 0 aliphatic carbocycles. The van der Waals surface area contributed by atoms with Gasteiger partial charge in [-0.15, -0.1) is 6.58 Å². The van der Waals surface area contributed by atoms with Crippen LogP contribution < -0.4 is 14.3 Å². The predicted molar refractivity (Wildman–Crippen MR) is 104 cm³/mol. The highest BCUT2D eigenvalue weighted by Crippen LogP contribution is 2.22. The van der Waals surface area contributed by atoms with Gasteiger partial charge in [0.05, 0.1) is 17.3 Å². The molecular weight excluding hydrogens is 372 g/mol. The molecule has 134 valence electrons. The first-order valence-electron chi connectivity index (χ1n) is 7.85. The van der Waals surface area contributed by atoms with Gasteiger partial charge in [0.15, 0.2) is 11.4 Å². The second-order valence-corrected chi connectivity index (χ2v) is 6.81. The number of thiazole rings is 1. The smallest absolute Gasteiger partial charge is 0.286 e. The number of hydrogen-bond donors (Lipinski definition) is 0. The van der Waals surface area contributed by atoms with Gasteiger partial charge in [0, 0.05) is 11.6 Å². The quantitative estimate of drug-likeness (QED) is 0.598. The number of ether oxygens (including phenoxy) is 2. The third kappa shape index (κ3) is 4.15. The molecule has 1 heterocycles. The number of amides is 1. The Morgan fingerprint density at radius 2 is 2.00 bits per heavy atom. The molecule has 0 N–H and O–H groups in total. The van der Waals surface area contributed by atoms with E-state index in [-0.39, 0.29) is 12.5 Å². The topological polar surface area (TPSA) is 52.8 Å². The molecule has 1 aromatic heterocycles. The van der Waals surface area contributed by atoms with E-state index in [2.05, 4.69) is 11.6 Å². The van der Waals surface area contributed by atoms with Crippen LogP contribution in [0.2, 0.25) is 5.02 Å². The van der Waals surface area contributed by atoms with Gasteiger partial charge >= 0.3 is 0 Å². The normalized spacial score (nSPS) is 11.5. The number of aromatic nitrogens is 1. The summed E-state index contributed by atoms with van der Waals surface area (Å²) in [5.41, 5.74) is 0.960. The summed E-state index contributed by atoms with van der Waals surface area (Å²) in [6.07, 6.45) is 1.76. The van der Waals surface area contributed by atoms with Gasteiger partial charge in [-0.2, -0.15) is 4.99 Å². The molecule has 0 bridgehead atoms. The molecule has 0 aliphatic rings. The molecular formula is C19H17ClN2O3S. The summed E-state index contributed by atoms with van der Waals surface area (Å²) in [5.74, 6) is 0.940. The molecule has 0 spiro atoms. The molecule has 0 saturated heterocycles. The minimum absolute atomic E-state index is 0.143. The van der Waals surface area contributed by atoms with Crippen LogP contribution in [-0.2, 0) is 11.3 Å². The molecule has 1 amide bonds. The summed E-state index contributed by atoms with van der Waals surface area (Å²) < 4.78 is 13.5. The molecule has 0 aliphatic heterocycles. The van der Waals surface area contributed by atoms with Crippen molar-refractivity contribution < 1.29 is 14.3 Å². The SMILES string of the molecule is C=CCn1c(=NC(=O)COc2ccc(OC)cc2)sc2cc(Cl)ccc21. The van der Waals surface area contributed by atoms with E-state index in [1.54, 1.807) is 37.5 Å². The number of carbonyl (C=O) groups excluding carboxylic acids is 1. The van der Waals surface area contributed by atoms with Gasteiger partial charge in [-0.25, -0.2) is 0 Å². The van der Waals surface area contributed by atoms with Gasteiger partial charge in [-0.05, 0) is 42.5 Å². The number of nitrogens with zero attached hydrogens (tertiary/aromatic N) is 2. The highest BCUT2D eigenvalue weighted by atomic mass is 35.5. The van der Waals surface area contributed by atoms with E-state index in [1.807, 2.05) is 22.8 Å². The van der Waals surface area contributed by atoms with Crippen LogP contribution in [0.25, 0.3) is 10.2 Å². The number of halogens is 1. The molecule has 0 fully saturated rings. The fourth-order valence-electron chi connectivity index (χ4n) is 2.39. The van der Waals surface area contributed by atoms with Crippen molar-refractivity contribution in [2.75, 3.05) is 13.7 Å². The maximum Gasteiger partial charge on any atom is 0.286 e. The van der Waals surface area contributed by atoms with Crippen molar-refractivity contribution in [3.8, 4) is 11.5 Å². The zero-order valence-electron chi connectivity index (χ0n) is 14.1. The molecule has 26 heavy (non-hydrogen) atoms. The number of hydrogen-bond acceptors (Lipinski definition) is 4. The van der Waals surface area contributed by atoms with E-state index in [0.29, 0.717) is 22.1 Å². The van der Waals surface area contributed by atoms with Crippen LogP contribution >= 0.6 is 22.9 Å². The number of fused-ring (bicyclic) bond motifs is 1. The number of methoxy groups -OCH3 is 1. The number of carbonyl (C=O) groups is 1. The van der Waals surface area contributed by atoms with Crippen LogP contribution in [0.15, 0.2) is 60.1 Å². The Labute approximate surface area is 159 Å². The molecule has 2 aromatic carbocycles. The maximum atomic E-state index is 12.2. The molecule has 0 atom stereocenters. The molecule has 5 nitrogen and oxygen atoms in total. The minimum Gasteiger partial charge on any atom is -0.497 e. The van der Waals surface area contributed by atoms with Gasteiger partial charge in [0.2, 0.25) is 0 Å². The largest absolute Gasteiger partial charge is 0.497 e. The highest BCUT2D eigenvalue weighted by Gasteiger charge is 2.08. The fourth-order valence-corrected chi connectivity index (χ4v) is 3.73. The van der Waals surface area contributed by atoms with Gasteiger partial charge in [0.25, 0.3) is 5.91 Å². The number of rotatable bonds is 6. The van der Waals surface area contributed by atoms with Crippen molar-refractivity contribution in [1.82, 2.24) is 4.57 Å². The Hall–Kier alpha value is -2.57. The molecule has 0 saturated carbocycles. The van der Waals surface area contributed by atoms with Crippen LogP contribution in [0.5, 0.6) is 11.5 Å². The summed E-state index contributed by atoms with van der Waals surface area (Å²) >= 11 is 7.46. The Bertz CT molecular complexity index is 1010. The van der Waals surface area contributed by atoms with Crippen LogP contribution in [0.4, 0.5) is 0 Å². The lowest BCUT2D eigenvalue weighted by molar-refractivity contribution is -0.120. The van der Waals surface area contributed by atoms with Crippen LogP contribution in [0.3, 0.4) is 0 Å². The van der Waals surface area contributed by atoms with E-state index in [1.165, 1.54) is 11.3 Å². The van der Waals surface area contributed by atoms with Gasteiger partial charge < -0.3 is 14.0 Å². The molecule has 3 aromatic rings. The third-order valence-electron chi connectivity index (χ3n) is 3.60.